The Morgan fingerprint density at radius 2 is 2.25 bits per heavy atom. The van der Waals surface area contributed by atoms with Gasteiger partial charge in [0, 0.05) is 6.54 Å². The molecule has 2 N–H and O–H groups in total. The molecule has 1 aliphatic carbocycles. The number of carbonyl (C=O) groups excluding carboxylic acids is 1. The van der Waals surface area contributed by atoms with Crippen molar-refractivity contribution in [2.45, 2.75) is 26.3 Å². The van der Waals surface area contributed by atoms with E-state index in [1.165, 1.54) is 6.42 Å². The van der Waals surface area contributed by atoms with Gasteiger partial charge in [-0.05, 0) is 32.2 Å². The second kappa shape index (κ2) is 3.44. The highest BCUT2D eigenvalue weighted by atomic mass is 16.1. The third-order valence-electron chi connectivity index (χ3n) is 2.87. The molecule has 1 amide bonds. The van der Waals surface area contributed by atoms with Crippen molar-refractivity contribution < 1.29 is 4.79 Å². The zero-order chi connectivity index (χ0) is 9.30. The minimum absolute atomic E-state index is 0.127. The molecule has 1 saturated carbocycles. The van der Waals surface area contributed by atoms with Gasteiger partial charge in [-0.25, -0.2) is 0 Å². The van der Waals surface area contributed by atoms with E-state index < -0.39 is 0 Å². The molecule has 0 aromatic carbocycles. The zero-order valence-corrected chi connectivity index (χ0v) is 8.08. The molecular formula is C9H18N2O. The minimum atomic E-state index is -0.231. The third kappa shape index (κ3) is 2.21. The van der Waals surface area contributed by atoms with Crippen molar-refractivity contribution >= 4 is 5.91 Å². The molecule has 0 radical (unpaired) electrons. The summed E-state index contributed by atoms with van der Waals surface area (Å²) in [5, 5.41) is 0. The van der Waals surface area contributed by atoms with Gasteiger partial charge in [0.2, 0.25) is 5.91 Å². The fourth-order valence-electron chi connectivity index (χ4n) is 1.40. The van der Waals surface area contributed by atoms with Crippen LogP contribution in [0.2, 0.25) is 0 Å². The van der Waals surface area contributed by atoms with Crippen LogP contribution in [-0.2, 0) is 4.79 Å². The first kappa shape index (κ1) is 9.52. The SMILES string of the molecule is CC1CC1CN(C)C(C)C(N)=O. The highest BCUT2D eigenvalue weighted by Crippen LogP contribution is 2.38. The molecule has 3 atom stereocenters. The number of primary amides is 1. The predicted octanol–water partition coefficient (Wildman–Crippen LogP) is 0.448. The number of nitrogens with two attached hydrogens (primary N) is 1. The number of hydrogen-bond donors (Lipinski definition) is 1. The first-order valence-electron chi connectivity index (χ1n) is 4.52. The van der Waals surface area contributed by atoms with Crippen LogP contribution in [0, 0.1) is 11.8 Å². The van der Waals surface area contributed by atoms with Crippen molar-refractivity contribution in [1.29, 1.82) is 0 Å². The van der Waals surface area contributed by atoms with E-state index >= 15 is 0 Å². The molecule has 0 aliphatic heterocycles. The first-order valence-corrected chi connectivity index (χ1v) is 4.52. The topological polar surface area (TPSA) is 46.3 Å². The first-order chi connectivity index (χ1) is 5.52. The zero-order valence-electron chi connectivity index (χ0n) is 8.08. The summed E-state index contributed by atoms with van der Waals surface area (Å²) in [6, 6.07) is -0.127. The van der Waals surface area contributed by atoms with Gasteiger partial charge in [0.25, 0.3) is 0 Å². The summed E-state index contributed by atoms with van der Waals surface area (Å²) in [4.78, 5) is 12.8. The van der Waals surface area contributed by atoms with Gasteiger partial charge in [-0.3, -0.25) is 9.69 Å². The van der Waals surface area contributed by atoms with Crippen LogP contribution in [0.3, 0.4) is 0 Å². The number of hydrogen-bond acceptors (Lipinski definition) is 2. The lowest BCUT2D eigenvalue weighted by Crippen LogP contribution is -2.41. The van der Waals surface area contributed by atoms with Gasteiger partial charge in [0.15, 0.2) is 0 Å². The molecule has 0 aromatic heterocycles. The Morgan fingerprint density at radius 3 is 2.58 bits per heavy atom. The molecule has 12 heavy (non-hydrogen) atoms. The van der Waals surface area contributed by atoms with Crippen LogP contribution in [0.4, 0.5) is 0 Å². The second-order valence-corrected chi connectivity index (χ2v) is 3.99. The van der Waals surface area contributed by atoms with E-state index in [2.05, 4.69) is 6.92 Å². The number of rotatable bonds is 4. The summed E-state index contributed by atoms with van der Waals surface area (Å²) in [5.41, 5.74) is 5.19. The Kier molecular flexibility index (Phi) is 2.73. The van der Waals surface area contributed by atoms with Crippen LogP contribution >= 0.6 is 0 Å². The van der Waals surface area contributed by atoms with Crippen LogP contribution in [0.25, 0.3) is 0 Å². The quantitative estimate of drug-likeness (QED) is 0.665. The van der Waals surface area contributed by atoms with Gasteiger partial charge in [-0.1, -0.05) is 6.92 Å². The molecule has 0 bridgehead atoms. The second-order valence-electron chi connectivity index (χ2n) is 3.99. The standard InChI is InChI=1S/C9H18N2O/c1-6-4-8(6)5-11(3)7(2)9(10)12/h6-8H,4-5H2,1-3H3,(H2,10,12). The van der Waals surface area contributed by atoms with Gasteiger partial charge in [0.05, 0.1) is 6.04 Å². The molecular weight excluding hydrogens is 152 g/mol. The molecule has 1 aliphatic rings. The average Bonchev–Trinajstić information content (AvgIpc) is 2.64. The van der Waals surface area contributed by atoms with E-state index in [-0.39, 0.29) is 11.9 Å². The van der Waals surface area contributed by atoms with E-state index in [0.29, 0.717) is 0 Å². The molecule has 70 valence electrons. The Morgan fingerprint density at radius 1 is 1.75 bits per heavy atom. The molecule has 1 rings (SSSR count). The summed E-state index contributed by atoms with van der Waals surface area (Å²) in [6.07, 6.45) is 1.30. The summed E-state index contributed by atoms with van der Waals surface area (Å²) in [7, 11) is 1.96. The molecule has 1 fully saturated rings. The summed E-state index contributed by atoms with van der Waals surface area (Å²) < 4.78 is 0. The Balaban J connectivity index is 2.27. The van der Waals surface area contributed by atoms with Crippen LogP contribution in [0.5, 0.6) is 0 Å². The fraction of sp³-hybridized carbons (Fsp3) is 0.889. The molecule has 0 aromatic rings. The van der Waals surface area contributed by atoms with E-state index in [1.807, 2.05) is 18.9 Å². The highest BCUT2D eigenvalue weighted by molar-refractivity contribution is 5.79. The summed E-state index contributed by atoms with van der Waals surface area (Å²) in [6.45, 7) is 5.11. The van der Waals surface area contributed by atoms with Crippen molar-refractivity contribution in [3.05, 3.63) is 0 Å². The van der Waals surface area contributed by atoms with Crippen molar-refractivity contribution in [3.8, 4) is 0 Å². The molecule has 3 unspecified atom stereocenters. The van der Waals surface area contributed by atoms with Crippen molar-refractivity contribution in [2.24, 2.45) is 17.6 Å². The summed E-state index contributed by atoms with van der Waals surface area (Å²) in [5.74, 6) is 1.40. The maximum Gasteiger partial charge on any atom is 0.234 e. The van der Waals surface area contributed by atoms with Crippen LogP contribution < -0.4 is 5.73 Å². The Hall–Kier alpha value is -0.570. The molecule has 0 heterocycles. The van der Waals surface area contributed by atoms with Crippen molar-refractivity contribution in [3.63, 3.8) is 0 Å². The maximum absolute atomic E-state index is 10.8. The molecule has 3 heteroatoms. The predicted molar refractivity (Wildman–Crippen MR) is 48.6 cm³/mol. The average molecular weight is 170 g/mol. The highest BCUT2D eigenvalue weighted by Gasteiger charge is 2.34. The maximum atomic E-state index is 10.8. The molecule has 0 saturated heterocycles. The monoisotopic (exact) mass is 170 g/mol. The van der Waals surface area contributed by atoms with E-state index in [4.69, 9.17) is 5.73 Å². The number of likely N-dealkylation sites (N-methyl/N-ethyl adjacent to an activating group) is 1. The van der Waals surface area contributed by atoms with Gasteiger partial charge in [0.1, 0.15) is 0 Å². The normalized spacial score (nSPS) is 30.3. The van der Waals surface area contributed by atoms with E-state index in [0.717, 1.165) is 18.4 Å². The molecule has 0 spiro atoms. The van der Waals surface area contributed by atoms with Crippen LogP contribution in [0.15, 0.2) is 0 Å². The van der Waals surface area contributed by atoms with E-state index in [1.54, 1.807) is 0 Å². The minimum Gasteiger partial charge on any atom is -0.368 e. The van der Waals surface area contributed by atoms with Gasteiger partial charge < -0.3 is 5.73 Å². The smallest absolute Gasteiger partial charge is 0.234 e. The fourth-order valence-corrected chi connectivity index (χ4v) is 1.40. The summed E-state index contributed by atoms with van der Waals surface area (Å²) >= 11 is 0. The third-order valence-corrected chi connectivity index (χ3v) is 2.87. The lowest BCUT2D eigenvalue weighted by Gasteiger charge is -2.21. The van der Waals surface area contributed by atoms with Gasteiger partial charge >= 0.3 is 0 Å². The lowest BCUT2D eigenvalue weighted by atomic mass is 10.2. The number of nitrogens with zero attached hydrogens (tertiary/aromatic N) is 1. The van der Waals surface area contributed by atoms with Gasteiger partial charge in [-0.15, -0.1) is 0 Å². The van der Waals surface area contributed by atoms with Crippen LogP contribution in [-0.4, -0.2) is 30.4 Å². The number of carbonyl (C=O) groups is 1. The van der Waals surface area contributed by atoms with Crippen LogP contribution in [0.1, 0.15) is 20.3 Å². The van der Waals surface area contributed by atoms with Crippen molar-refractivity contribution in [1.82, 2.24) is 4.90 Å². The number of amides is 1. The Bertz CT molecular complexity index is 181. The molecule has 3 nitrogen and oxygen atoms in total. The van der Waals surface area contributed by atoms with E-state index in [9.17, 15) is 4.79 Å². The lowest BCUT2D eigenvalue weighted by molar-refractivity contribution is -0.122. The Labute approximate surface area is 73.9 Å². The largest absolute Gasteiger partial charge is 0.368 e. The van der Waals surface area contributed by atoms with Crippen molar-refractivity contribution in [2.75, 3.05) is 13.6 Å². The van der Waals surface area contributed by atoms with Gasteiger partial charge in [-0.2, -0.15) is 0 Å².